The van der Waals surface area contributed by atoms with Gasteiger partial charge in [-0.3, -0.25) is 29.3 Å². The van der Waals surface area contributed by atoms with E-state index in [-0.39, 0.29) is 55.6 Å². The van der Waals surface area contributed by atoms with E-state index in [1.54, 1.807) is 42.4 Å². The highest BCUT2D eigenvalue weighted by Crippen LogP contribution is 2.39. The number of fused-ring (bicyclic) bond motifs is 1. The number of pyridine rings is 2. The maximum absolute atomic E-state index is 15.1. The van der Waals surface area contributed by atoms with Crippen molar-refractivity contribution in [2.24, 2.45) is 5.92 Å². The van der Waals surface area contributed by atoms with Gasteiger partial charge >= 0.3 is 5.97 Å². The van der Waals surface area contributed by atoms with E-state index in [0.29, 0.717) is 68.6 Å². The second-order valence-electron chi connectivity index (χ2n) is 13.2. The van der Waals surface area contributed by atoms with Crippen LogP contribution in [-0.2, 0) is 41.6 Å². The van der Waals surface area contributed by atoms with Gasteiger partial charge in [0.05, 0.1) is 47.2 Å². The molecule has 1 amide bonds. The third kappa shape index (κ3) is 10.2. The summed E-state index contributed by atoms with van der Waals surface area (Å²) in [5.41, 5.74) is 2.99. The van der Waals surface area contributed by atoms with Crippen molar-refractivity contribution in [1.29, 1.82) is 0 Å². The molecule has 276 valence electrons. The average Bonchev–Trinajstić information content (AvgIpc) is 3.80. The number of ketones is 1. The highest BCUT2D eigenvalue weighted by molar-refractivity contribution is 7.22. The Bertz CT molecular complexity index is 1840. The monoisotopic (exact) mass is 732 g/mol. The van der Waals surface area contributed by atoms with Crippen LogP contribution < -0.4 is 4.74 Å². The van der Waals surface area contributed by atoms with E-state index in [1.165, 1.54) is 17.4 Å². The number of aromatic nitrogens is 2. The maximum atomic E-state index is 15.1. The third-order valence-corrected chi connectivity index (χ3v) is 10.1. The van der Waals surface area contributed by atoms with Crippen LogP contribution in [0.3, 0.4) is 0 Å². The Morgan fingerprint density at radius 1 is 0.962 bits per heavy atom. The number of thiophene rings is 1. The number of likely N-dealkylation sites (tertiary alicyclic amines) is 1. The van der Waals surface area contributed by atoms with E-state index >= 15 is 4.39 Å². The van der Waals surface area contributed by atoms with Gasteiger partial charge in [-0.2, -0.15) is 0 Å². The molecule has 1 aliphatic carbocycles. The number of carbonyl (C=O) groups is 3. The Labute approximate surface area is 307 Å². The normalized spacial score (nSPS) is 14.5. The first-order valence-corrected chi connectivity index (χ1v) is 18.8. The molecule has 4 heterocycles. The minimum absolute atomic E-state index is 0.000218. The first-order valence-electron chi connectivity index (χ1n) is 17.9. The lowest BCUT2D eigenvalue weighted by Crippen LogP contribution is -2.62. The molecule has 13 heteroatoms. The number of Topliss-reactive ketones (excluding diaryl/α,β-unsaturated/α-hetero) is 1. The SMILES string of the molecule is CCCOCCOCC(=O)N1CC(N(CC(=O)OCC)Cc2ccc(-c3cc4nccc(Oc5ccc(CC(=O)CC6CC6)cc5F)c4s3)nc2)C1. The van der Waals surface area contributed by atoms with Gasteiger partial charge in [0.1, 0.15) is 18.1 Å². The lowest BCUT2D eigenvalue weighted by atomic mass is 10.0. The molecule has 1 saturated carbocycles. The van der Waals surface area contributed by atoms with Crippen molar-refractivity contribution in [2.45, 2.75) is 58.5 Å². The van der Waals surface area contributed by atoms with Gasteiger partial charge in [0.2, 0.25) is 5.91 Å². The summed E-state index contributed by atoms with van der Waals surface area (Å²) in [7, 11) is 0. The number of ether oxygens (including phenoxy) is 4. The number of amides is 1. The van der Waals surface area contributed by atoms with Gasteiger partial charge in [0.25, 0.3) is 0 Å². The molecule has 2 aliphatic rings. The number of benzene rings is 1. The largest absolute Gasteiger partial charge is 0.465 e. The second kappa shape index (κ2) is 18.0. The molecule has 0 N–H and O–H groups in total. The molecule has 1 aromatic carbocycles. The van der Waals surface area contributed by atoms with E-state index in [2.05, 4.69) is 4.98 Å². The molecule has 0 spiro atoms. The zero-order chi connectivity index (χ0) is 36.5. The summed E-state index contributed by atoms with van der Waals surface area (Å²) in [4.78, 5) is 51.2. The van der Waals surface area contributed by atoms with Crippen LogP contribution >= 0.6 is 11.3 Å². The fourth-order valence-electron chi connectivity index (χ4n) is 6.01. The van der Waals surface area contributed by atoms with Gasteiger partial charge in [-0.15, -0.1) is 11.3 Å². The molecule has 3 aromatic heterocycles. The maximum Gasteiger partial charge on any atom is 0.320 e. The molecule has 6 rings (SSSR count). The number of rotatable bonds is 20. The molecule has 1 aliphatic heterocycles. The fraction of sp³-hybridized carbons (Fsp3) is 0.462. The number of nitrogens with zero attached hydrogens (tertiary/aromatic N) is 4. The number of carbonyl (C=O) groups excluding carboxylic acids is 3. The highest BCUT2D eigenvalue weighted by atomic mass is 32.1. The van der Waals surface area contributed by atoms with Crippen LogP contribution in [0, 0.1) is 11.7 Å². The van der Waals surface area contributed by atoms with Crippen molar-refractivity contribution >= 4 is 39.2 Å². The Hall–Kier alpha value is -4.30. The van der Waals surface area contributed by atoms with E-state index < -0.39 is 5.82 Å². The first-order chi connectivity index (χ1) is 25.3. The number of hydrogen-bond donors (Lipinski definition) is 0. The number of hydrogen-bond acceptors (Lipinski definition) is 11. The number of esters is 1. The van der Waals surface area contributed by atoms with Crippen LogP contribution in [-0.4, -0.2) is 96.1 Å². The molecule has 1 saturated heterocycles. The van der Waals surface area contributed by atoms with Gasteiger partial charge in [-0.1, -0.05) is 19.1 Å². The van der Waals surface area contributed by atoms with Gasteiger partial charge < -0.3 is 23.8 Å². The predicted molar refractivity (Wildman–Crippen MR) is 195 cm³/mol. The summed E-state index contributed by atoms with van der Waals surface area (Å²) in [6, 6.07) is 12.2. The van der Waals surface area contributed by atoms with Crippen molar-refractivity contribution in [1.82, 2.24) is 19.8 Å². The summed E-state index contributed by atoms with van der Waals surface area (Å²) in [6.45, 7) is 7.14. The predicted octanol–water partition coefficient (Wildman–Crippen LogP) is 6.22. The van der Waals surface area contributed by atoms with Crippen LogP contribution in [0.1, 0.15) is 50.7 Å². The molecule has 52 heavy (non-hydrogen) atoms. The van der Waals surface area contributed by atoms with Crippen molar-refractivity contribution in [3.8, 4) is 22.1 Å². The summed E-state index contributed by atoms with van der Waals surface area (Å²) in [5.74, 6) is 0.264. The average molecular weight is 733 g/mol. The Balaban J connectivity index is 1.07. The summed E-state index contributed by atoms with van der Waals surface area (Å²) >= 11 is 1.45. The van der Waals surface area contributed by atoms with E-state index in [9.17, 15) is 14.4 Å². The van der Waals surface area contributed by atoms with Crippen LogP contribution in [0.25, 0.3) is 20.8 Å². The topological polar surface area (TPSA) is 120 Å². The molecule has 2 fully saturated rings. The van der Waals surface area contributed by atoms with Crippen LogP contribution in [0.4, 0.5) is 4.39 Å². The van der Waals surface area contributed by atoms with Crippen LogP contribution in [0.5, 0.6) is 11.5 Å². The molecular formula is C39H45FN4O7S. The second-order valence-corrected chi connectivity index (χ2v) is 14.3. The molecule has 0 atom stereocenters. The molecular weight excluding hydrogens is 688 g/mol. The third-order valence-electron chi connectivity index (χ3n) is 8.98. The van der Waals surface area contributed by atoms with E-state index in [0.717, 1.165) is 40.1 Å². The molecule has 0 radical (unpaired) electrons. The quantitative estimate of drug-likeness (QED) is 0.0765. The smallest absolute Gasteiger partial charge is 0.320 e. The summed E-state index contributed by atoms with van der Waals surface area (Å²) in [6.07, 6.45) is 7.34. The van der Waals surface area contributed by atoms with Gasteiger partial charge in [0.15, 0.2) is 11.6 Å². The van der Waals surface area contributed by atoms with Crippen LogP contribution in [0.15, 0.2) is 54.9 Å². The zero-order valence-corrected chi connectivity index (χ0v) is 30.5. The Morgan fingerprint density at radius 3 is 2.50 bits per heavy atom. The van der Waals surface area contributed by atoms with Gasteiger partial charge in [-0.25, -0.2) is 4.39 Å². The minimum atomic E-state index is -0.522. The van der Waals surface area contributed by atoms with Crippen molar-refractivity contribution in [2.75, 3.05) is 52.7 Å². The molecule has 0 bridgehead atoms. The lowest BCUT2D eigenvalue weighted by Gasteiger charge is -2.45. The minimum Gasteiger partial charge on any atom is -0.465 e. The summed E-state index contributed by atoms with van der Waals surface area (Å²) < 4.78 is 37.9. The fourth-order valence-corrected chi connectivity index (χ4v) is 7.05. The van der Waals surface area contributed by atoms with Crippen molar-refractivity contribution < 1.29 is 37.7 Å². The van der Waals surface area contributed by atoms with Crippen molar-refractivity contribution in [3.05, 3.63) is 71.8 Å². The van der Waals surface area contributed by atoms with Gasteiger partial charge in [0, 0.05) is 63.6 Å². The molecule has 0 unspecified atom stereocenters. The first kappa shape index (κ1) is 37.5. The highest BCUT2D eigenvalue weighted by Gasteiger charge is 2.36. The lowest BCUT2D eigenvalue weighted by molar-refractivity contribution is -0.149. The zero-order valence-electron chi connectivity index (χ0n) is 29.7. The number of halogens is 1. The molecule has 4 aromatic rings. The molecule has 11 nitrogen and oxygen atoms in total. The van der Waals surface area contributed by atoms with E-state index in [1.807, 2.05) is 30.0 Å². The van der Waals surface area contributed by atoms with Crippen molar-refractivity contribution in [3.63, 3.8) is 0 Å². The van der Waals surface area contributed by atoms with Crippen LogP contribution in [0.2, 0.25) is 0 Å². The standard InChI is InChI=1S/C39H45FN4O7S/c1-3-13-48-14-15-49-25-37(46)44-22-29(23-44)43(24-38(47)50-4-2)21-28-7-9-32(42-20-28)36-19-33-39(52-36)35(11-12-41-33)51-34-10-8-27(18-31(34)40)17-30(45)16-26-5-6-26/h7-12,18-20,26,29H,3-6,13-17,21-25H2,1-2H3. The summed E-state index contributed by atoms with van der Waals surface area (Å²) in [5, 5.41) is 0. The Morgan fingerprint density at radius 2 is 1.77 bits per heavy atom. The van der Waals surface area contributed by atoms with E-state index in [4.69, 9.17) is 23.9 Å². The Kier molecular flexibility index (Phi) is 12.9. The van der Waals surface area contributed by atoms with Gasteiger partial charge in [-0.05, 0) is 67.5 Å².